The Bertz CT molecular complexity index is 660. The van der Waals surface area contributed by atoms with Gasteiger partial charge in [-0.2, -0.15) is 0 Å². The standard InChI is InChI=1S/C11H9BrF2N4O2/c1-18-9(11(19)20-2)8(16-17-18)6-4-3-5(12)7(15-6)10(13)14/h3-4,10H,1-2H3. The Morgan fingerprint density at radius 1 is 1.45 bits per heavy atom. The highest BCUT2D eigenvalue weighted by atomic mass is 79.9. The van der Waals surface area contributed by atoms with Crippen LogP contribution in [0.1, 0.15) is 22.6 Å². The molecule has 2 aromatic rings. The minimum atomic E-state index is -2.75. The second-order valence-electron chi connectivity index (χ2n) is 3.77. The van der Waals surface area contributed by atoms with Crippen LogP contribution < -0.4 is 0 Å². The lowest BCUT2D eigenvalue weighted by Crippen LogP contribution is -2.10. The molecule has 0 bridgehead atoms. The zero-order valence-corrected chi connectivity index (χ0v) is 12.1. The fraction of sp³-hybridized carbons (Fsp3) is 0.273. The first-order valence-corrected chi connectivity index (χ1v) is 6.18. The van der Waals surface area contributed by atoms with Crippen molar-refractivity contribution in [1.29, 1.82) is 0 Å². The average molecular weight is 347 g/mol. The molecule has 2 heterocycles. The Kier molecular flexibility index (Phi) is 4.07. The number of alkyl halides is 2. The zero-order chi connectivity index (χ0) is 14.9. The number of rotatable bonds is 3. The lowest BCUT2D eigenvalue weighted by Gasteiger charge is -2.06. The molecule has 0 saturated heterocycles. The molecule has 6 nitrogen and oxygen atoms in total. The zero-order valence-electron chi connectivity index (χ0n) is 10.5. The van der Waals surface area contributed by atoms with Crippen molar-refractivity contribution in [3.05, 3.63) is 28.0 Å². The highest BCUT2D eigenvalue weighted by molar-refractivity contribution is 9.10. The van der Waals surface area contributed by atoms with Crippen molar-refractivity contribution in [3.63, 3.8) is 0 Å². The van der Waals surface area contributed by atoms with E-state index in [-0.39, 0.29) is 21.6 Å². The number of carbonyl (C=O) groups is 1. The number of hydrogen-bond acceptors (Lipinski definition) is 5. The molecular weight excluding hydrogens is 338 g/mol. The fourth-order valence-electron chi connectivity index (χ4n) is 1.60. The largest absolute Gasteiger partial charge is 0.464 e. The predicted octanol–water partition coefficient (Wildman–Crippen LogP) is 2.36. The van der Waals surface area contributed by atoms with Crippen LogP contribution in [0.15, 0.2) is 16.6 Å². The van der Waals surface area contributed by atoms with Gasteiger partial charge in [-0.15, -0.1) is 5.10 Å². The van der Waals surface area contributed by atoms with E-state index in [0.29, 0.717) is 0 Å². The van der Waals surface area contributed by atoms with Gasteiger partial charge in [0.05, 0.1) is 12.8 Å². The topological polar surface area (TPSA) is 69.9 Å². The van der Waals surface area contributed by atoms with Crippen LogP contribution in [-0.2, 0) is 11.8 Å². The van der Waals surface area contributed by atoms with Crippen LogP contribution in [0.2, 0.25) is 0 Å². The number of hydrogen-bond donors (Lipinski definition) is 0. The Morgan fingerprint density at radius 3 is 2.75 bits per heavy atom. The van der Waals surface area contributed by atoms with Gasteiger partial charge < -0.3 is 4.74 Å². The third-order valence-corrected chi connectivity index (χ3v) is 3.20. The van der Waals surface area contributed by atoms with Gasteiger partial charge in [0.2, 0.25) is 0 Å². The van der Waals surface area contributed by atoms with Gasteiger partial charge in [0, 0.05) is 11.5 Å². The first-order chi connectivity index (χ1) is 9.45. The molecule has 0 atom stereocenters. The minimum Gasteiger partial charge on any atom is -0.464 e. The predicted molar refractivity (Wildman–Crippen MR) is 68.2 cm³/mol. The molecule has 0 aromatic carbocycles. The molecule has 0 amide bonds. The van der Waals surface area contributed by atoms with Crippen LogP contribution in [0.5, 0.6) is 0 Å². The maximum absolute atomic E-state index is 12.8. The summed E-state index contributed by atoms with van der Waals surface area (Å²) in [6, 6.07) is 2.88. The summed E-state index contributed by atoms with van der Waals surface area (Å²) in [5.74, 6) is -0.671. The van der Waals surface area contributed by atoms with E-state index in [1.807, 2.05) is 0 Å². The summed E-state index contributed by atoms with van der Waals surface area (Å²) in [6.45, 7) is 0. The molecule has 0 aliphatic rings. The number of pyridine rings is 1. The smallest absolute Gasteiger partial charge is 0.358 e. The molecule has 9 heteroatoms. The lowest BCUT2D eigenvalue weighted by molar-refractivity contribution is 0.0589. The summed E-state index contributed by atoms with van der Waals surface area (Å²) in [6.07, 6.45) is -2.75. The van der Waals surface area contributed by atoms with Gasteiger partial charge in [0.15, 0.2) is 5.69 Å². The number of esters is 1. The van der Waals surface area contributed by atoms with Gasteiger partial charge in [0.1, 0.15) is 11.4 Å². The number of aryl methyl sites for hydroxylation is 1. The maximum Gasteiger partial charge on any atom is 0.358 e. The first kappa shape index (κ1) is 14.5. The summed E-state index contributed by atoms with van der Waals surface area (Å²) in [4.78, 5) is 15.5. The van der Waals surface area contributed by atoms with Gasteiger partial charge in [0.25, 0.3) is 6.43 Å². The molecule has 0 N–H and O–H groups in total. The highest BCUT2D eigenvalue weighted by Gasteiger charge is 2.23. The number of nitrogens with zero attached hydrogens (tertiary/aromatic N) is 4. The van der Waals surface area contributed by atoms with Crippen LogP contribution in [0, 0.1) is 0 Å². The van der Waals surface area contributed by atoms with Gasteiger partial charge >= 0.3 is 5.97 Å². The number of ether oxygens (including phenoxy) is 1. The van der Waals surface area contributed by atoms with E-state index in [4.69, 9.17) is 0 Å². The van der Waals surface area contributed by atoms with E-state index >= 15 is 0 Å². The van der Waals surface area contributed by atoms with Gasteiger partial charge in [-0.25, -0.2) is 23.2 Å². The molecule has 2 rings (SSSR count). The minimum absolute atomic E-state index is 0.0440. The molecular formula is C11H9BrF2N4O2. The molecule has 0 aliphatic carbocycles. The fourth-order valence-corrected chi connectivity index (χ4v) is 1.99. The number of carbonyl (C=O) groups excluding carboxylic acids is 1. The van der Waals surface area contributed by atoms with Gasteiger partial charge in [-0.05, 0) is 28.1 Å². The highest BCUT2D eigenvalue weighted by Crippen LogP contribution is 2.29. The molecule has 106 valence electrons. The van der Waals surface area contributed by atoms with Crippen LogP contribution in [0.3, 0.4) is 0 Å². The van der Waals surface area contributed by atoms with Crippen molar-refractivity contribution in [3.8, 4) is 11.4 Å². The Labute approximate surface area is 120 Å². The number of halogens is 3. The van der Waals surface area contributed by atoms with Crippen LogP contribution in [0.25, 0.3) is 11.4 Å². The van der Waals surface area contributed by atoms with Crippen molar-refractivity contribution in [2.75, 3.05) is 7.11 Å². The Hall–Kier alpha value is -1.90. The summed E-state index contributed by atoms with van der Waals surface area (Å²) in [7, 11) is 2.70. The first-order valence-electron chi connectivity index (χ1n) is 5.38. The molecule has 0 unspecified atom stereocenters. The molecule has 0 saturated carbocycles. The summed E-state index contributed by atoms with van der Waals surface area (Å²) in [5.41, 5.74) is -0.169. The van der Waals surface area contributed by atoms with E-state index < -0.39 is 18.1 Å². The van der Waals surface area contributed by atoms with Crippen molar-refractivity contribution in [2.24, 2.45) is 7.05 Å². The van der Waals surface area contributed by atoms with E-state index in [9.17, 15) is 13.6 Å². The second-order valence-corrected chi connectivity index (χ2v) is 4.62. The SMILES string of the molecule is COC(=O)c1c(-c2ccc(Br)c(C(F)F)n2)nnn1C. The summed E-state index contributed by atoms with van der Waals surface area (Å²) < 4.78 is 31.7. The van der Waals surface area contributed by atoms with Crippen molar-refractivity contribution in [2.45, 2.75) is 6.43 Å². The quantitative estimate of drug-likeness (QED) is 0.798. The van der Waals surface area contributed by atoms with Crippen molar-refractivity contribution < 1.29 is 18.3 Å². The Morgan fingerprint density at radius 2 is 2.15 bits per heavy atom. The third-order valence-electron chi connectivity index (χ3n) is 2.53. The van der Waals surface area contributed by atoms with Crippen molar-refractivity contribution >= 4 is 21.9 Å². The Balaban J connectivity index is 2.58. The molecule has 20 heavy (non-hydrogen) atoms. The lowest BCUT2D eigenvalue weighted by atomic mass is 10.2. The second kappa shape index (κ2) is 5.61. The van der Waals surface area contributed by atoms with Gasteiger partial charge in [-0.3, -0.25) is 0 Å². The molecule has 0 spiro atoms. The van der Waals surface area contributed by atoms with Crippen LogP contribution >= 0.6 is 15.9 Å². The van der Waals surface area contributed by atoms with Crippen LogP contribution in [0.4, 0.5) is 8.78 Å². The molecule has 0 aliphatic heterocycles. The van der Waals surface area contributed by atoms with E-state index in [1.54, 1.807) is 0 Å². The number of aromatic nitrogens is 4. The third kappa shape index (κ3) is 2.53. The average Bonchev–Trinajstić information content (AvgIpc) is 2.80. The number of methoxy groups -OCH3 is 1. The van der Waals surface area contributed by atoms with Gasteiger partial charge in [-0.1, -0.05) is 5.21 Å². The van der Waals surface area contributed by atoms with Crippen LogP contribution in [-0.4, -0.2) is 33.1 Å². The maximum atomic E-state index is 12.8. The van der Waals surface area contributed by atoms with E-state index in [0.717, 1.165) is 0 Å². The summed E-state index contributed by atoms with van der Waals surface area (Å²) in [5, 5.41) is 7.46. The normalized spacial score (nSPS) is 10.9. The van der Waals surface area contributed by atoms with E-state index in [1.165, 1.54) is 31.0 Å². The molecule has 0 radical (unpaired) electrons. The molecule has 0 fully saturated rings. The van der Waals surface area contributed by atoms with E-state index in [2.05, 4.69) is 36.0 Å². The molecule has 2 aromatic heterocycles. The van der Waals surface area contributed by atoms with Crippen molar-refractivity contribution in [1.82, 2.24) is 20.0 Å². The monoisotopic (exact) mass is 346 g/mol. The summed E-state index contributed by atoms with van der Waals surface area (Å²) >= 11 is 2.99.